The Labute approximate surface area is 184 Å². The highest BCUT2D eigenvalue weighted by atomic mass is 16.5. The fraction of sp³-hybridized carbons (Fsp3) is 0. The molecular formula is C26H20N4O2. The summed E-state index contributed by atoms with van der Waals surface area (Å²) in [5.41, 5.74) is 5.42. The lowest BCUT2D eigenvalue weighted by Gasteiger charge is -2.06. The van der Waals surface area contributed by atoms with E-state index in [0.717, 1.165) is 39.5 Å². The van der Waals surface area contributed by atoms with Crippen molar-refractivity contribution in [2.45, 2.75) is 0 Å². The third-order valence-electron chi connectivity index (χ3n) is 5.07. The van der Waals surface area contributed by atoms with Gasteiger partial charge < -0.3 is 15.0 Å². The van der Waals surface area contributed by atoms with Gasteiger partial charge in [-0.15, -0.1) is 0 Å². The second-order valence-corrected chi connectivity index (χ2v) is 7.23. The fourth-order valence-electron chi connectivity index (χ4n) is 3.51. The number of hydrogen-bond donors (Lipinski definition) is 2. The molecule has 0 aliphatic carbocycles. The molecule has 5 rings (SSSR count). The number of rotatable bonds is 6. The maximum atomic E-state index is 11.6. The minimum Gasteiger partial charge on any atom is -0.457 e. The summed E-state index contributed by atoms with van der Waals surface area (Å²) >= 11 is 0. The van der Waals surface area contributed by atoms with Crippen LogP contribution in [0.1, 0.15) is 0 Å². The molecule has 0 fully saturated rings. The molecule has 0 saturated heterocycles. The number of fused-ring (bicyclic) bond motifs is 1. The molecule has 5 aromatic rings. The highest BCUT2D eigenvalue weighted by Gasteiger charge is 2.12. The summed E-state index contributed by atoms with van der Waals surface area (Å²) in [4.78, 5) is 15.1. The molecule has 3 aromatic carbocycles. The van der Waals surface area contributed by atoms with Gasteiger partial charge in [0.2, 0.25) is 5.91 Å². The molecule has 0 saturated carbocycles. The molecule has 0 atom stereocenters. The molecule has 6 nitrogen and oxygen atoms in total. The zero-order valence-corrected chi connectivity index (χ0v) is 17.2. The van der Waals surface area contributed by atoms with Gasteiger partial charge in [0, 0.05) is 11.3 Å². The van der Waals surface area contributed by atoms with Crippen LogP contribution in [0.5, 0.6) is 11.5 Å². The van der Waals surface area contributed by atoms with E-state index in [0.29, 0.717) is 5.69 Å². The molecule has 32 heavy (non-hydrogen) atoms. The van der Waals surface area contributed by atoms with Crippen LogP contribution < -0.4 is 10.1 Å². The van der Waals surface area contributed by atoms with Crippen LogP contribution in [0.3, 0.4) is 0 Å². The molecule has 0 aliphatic rings. The third-order valence-corrected chi connectivity index (χ3v) is 5.07. The van der Waals surface area contributed by atoms with E-state index in [9.17, 15) is 4.79 Å². The van der Waals surface area contributed by atoms with Crippen molar-refractivity contribution in [3.05, 3.63) is 104 Å². The topological polar surface area (TPSA) is 71.4 Å². The van der Waals surface area contributed by atoms with E-state index < -0.39 is 0 Å². The van der Waals surface area contributed by atoms with E-state index in [1.165, 1.54) is 6.08 Å². The Hall–Kier alpha value is -4.58. The Morgan fingerprint density at radius 3 is 2.53 bits per heavy atom. The van der Waals surface area contributed by atoms with Gasteiger partial charge in [-0.25, -0.2) is 4.52 Å². The van der Waals surface area contributed by atoms with Gasteiger partial charge in [-0.3, -0.25) is 4.79 Å². The average molecular weight is 420 g/mol. The maximum absolute atomic E-state index is 11.6. The first-order valence-corrected chi connectivity index (χ1v) is 10.1. The quantitative estimate of drug-likeness (QED) is 0.335. The number of para-hydroxylation sites is 1. The van der Waals surface area contributed by atoms with Gasteiger partial charge in [0.1, 0.15) is 17.1 Å². The van der Waals surface area contributed by atoms with Crippen molar-refractivity contribution in [1.82, 2.24) is 14.6 Å². The van der Waals surface area contributed by atoms with Gasteiger partial charge in [-0.2, -0.15) is 5.10 Å². The van der Waals surface area contributed by atoms with E-state index >= 15 is 0 Å². The van der Waals surface area contributed by atoms with E-state index in [1.807, 2.05) is 89.6 Å². The van der Waals surface area contributed by atoms with Crippen LogP contribution in [-0.2, 0) is 4.79 Å². The first-order chi connectivity index (χ1) is 15.7. The Morgan fingerprint density at radius 1 is 0.969 bits per heavy atom. The van der Waals surface area contributed by atoms with Crippen LogP contribution in [-0.4, -0.2) is 20.5 Å². The van der Waals surface area contributed by atoms with Crippen LogP contribution in [0, 0.1) is 0 Å². The SMILES string of the molecule is C=CC(=O)Nc1cccc(-c2cnn3cc(-c4ccc(Oc5ccccc5)cc4)[nH]c23)c1. The zero-order chi connectivity index (χ0) is 21.9. The van der Waals surface area contributed by atoms with Crippen LogP contribution in [0.4, 0.5) is 5.69 Å². The molecule has 0 spiro atoms. The maximum Gasteiger partial charge on any atom is 0.247 e. The van der Waals surface area contributed by atoms with Crippen LogP contribution in [0.2, 0.25) is 0 Å². The Morgan fingerprint density at radius 2 is 1.75 bits per heavy atom. The molecule has 156 valence electrons. The summed E-state index contributed by atoms with van der Waals surface area (Å²) in [5, 5.41) is 7.27. The lowest BCUT2D eigenvalue weighted by Crippen LogP contribution is -2.06. The van der Waals surface area contributed by atoms with Crippen LogP contribution in [0.25, 0.3) is 28.0 Å². The molecular weight excluding hydrogens is 400 g/mol. The number of hydrogen-bond acceptors (Lipinski definition) is 3. The van der Waals surface area contributed by atoms with Crippen molar-refractivity contribution in [3.63, 3.8) is 0 Å². The van der Waals surface area contributed by atoms with Crippen molar-refractivity contribution in [3.8, 4) is 33.9 Å². The normalized spacial score (nSPS) is 10.8. The number of anilines is 1. The summed E-state index contributed by atoms with van der Waals surface area (Å²) in [6.07, 6.45) is 5.01. The molecule has 2 N–H and O–H groups in total. The lowest BCUT2D eigenvalue weighted by atomic mass is 10.1. The van der Waals surface area contributed by atoms with Crippen LogP contribution >= 0.6 is 0 Å². The summed E-state index contributed by atoms with van der Waals surface area (Å²) in [6, 6.07) is 25.2. The molecule has 0 radical (unpaired) electrons. The molecule has 2 heterocycles. The summed E-state index contributed by atoms with van der Waals surface area (Å²) in [7, 11) is 0. The van der Waals surface area contributed by atoms with Crippen molar-refractivity contribution in [2.75, 3.05) is 5.32 Å². The number of ether oxygens (including phenoxy) is 1. The van der Waals surface area contributed by atoms with E-state index in [-0.39, 0.29) is 5.91 Å². The predicted octanol–water partition coefficient (Wildman–Crippen LogP) is 5.91. The van der Waals surface area contributed by atoms with E-state index in [2.05, 4.69) is 22.0 Å². The molecule has 2 aromatic heterocycles. The first kappa shape index (κ1) is 19.4. The zero-order valence-electron chi connectivity index (χ0n) is 17.2. The Balaban J connectivity index is 1.41. The first-order valence-electron chi connectivity index (χ1n) is 10.1. The molecule has 0 unspecified atom stereocenters. The molecule has 0 aliphatic heterocycles. The summed E-state index contributed by atoms with van der Waals surface area (Å²) < 4.78 is 7.69. The largest absolute Gasteiger partial charge is 0.457 e. The molecule has 0 bridgehead atoms. The smallest absolute Gasteiger partial charge is 0.247 e. The Bertz CT molecular complexity index is 1400. The van der Waals surface area contributed by atoms with Crippen molar-refractivity contribution < 1.29 is 9.53 Å². The van der Waals surface area contributed by atoms with Crippen molar-refractivity contribution in [1.29, 1.82) is 0 Å². The number of carbonyl (C=O) groups excluding carboxylic acids is 1. The van der Waals surface area contributed by atoms with Gasteiger partial charge >= 0.3 is 0 Å². The van der Waals surface area contributed by atoms with E-state index in [4.69, 9.17) is 4.74 Å². The number of aromatic nitrogens is 3. The number of nitrogens with zero attached hydrogens (tertiary/aromatic N) is 2. The average Bonchev–Trinajstić information content (AvgIpc) is 3.41. The van der Waals surface area contributed by atoms with Crippen molar-refractivity contribution in [2.24, 2.45) is 0 Å². The number of aromatic amines is 1. The monoisotopic (exact) mass is 420 g/mol. The van der Waals surface area contributed by atoms with Gasteiger partial charge in [0.05, 0.1) is 18.1 Å². The fourth-order valence-corrected chi connectivity index (χ4v) is 3.51. The number of imidazole rings is 1. The second kappa shape index (κ2) is 8.28. The van der Waals surface area contributed by atoms with Gasteiger partial charge in [-0.1, -0.05) is 36.9 Å². The minimum atomic E-state index is -0.246. The number of H-pyrrole nitrogens is 1. The Kier molecular flexibility index (Phi) is 5.01. The summed E-state index contributed by atoms with van der Waals surface area (Å²) in [5.74, 6) is 1.33. The number of amides is 1. The second-order valence-electron chi connectivity index (χ2n) is 7.23. The summed E-state index contributed by atoms with van der Waals surface area (Å²) in [6.45, 7) is 3.49. The number of benzene rings is 3. The van der Waals surface area contributed by atoms with Gasteiger partial charge in [0.15, 0.2) is 0 Å². The number of nitrogens with one attached hydrogen (secondary N) is 2. The minimum absolute atomic E-state index is 0.246. The molecule has 6 heteroatoms. The highest BCUT2D eigenvalue weighted by molar-refractivity contribution is 5.99. The highest BCUT2D eigenvalue weighted by Crippen LogP contribution is 2.30. The lowest BCUT2D eigenvalue weighted by molar-refractivity contribution is -0.111. The van der Waals surface area contributed by atoms with Crippen LogP contribution in [0.15, 0.2) is 104 Å². The van der Waals surface area contributed by atoms with E-state index in [1.54, 1.807) is 6.20 Å². The number of carbonyl (C=O) groups is 1. The standard InChI is InChI=1S/C26H20N4O2/c1-2-25(31)28-20-8-6-7-19(15-20)23-16-27-30-17-24(29-26(23)30)18-11-13-22(14-12-18)32-21-9-4-3-5-10-21/h2-17,29H,1H2,(H,28,31). The molecule has 1 amide bonds. The predicted molar refractivity (Wildman–Crippen MR) is 126 cm³/mol. The van der Waals surface area contributed by atoms with Gasteiger partial charge in [-0.05, 0) is 65.7 Å². The van der Waals surface area contributed by atoms with Crippen molar-refractivity contribution >= 4 is 17.2 Å². The third kappa shape index (κ3) is 3.89. The van der Waals surface area contributed by atoms with Gasteiger partial charge in [0.25, 0.3) is 0 Å².